The summed E-state index contributed by atoms with van der Waals surface area (Å²) in [6.45, 7) is 2.20. The molecular weight excluding hydrogens is 296 g/mol. The molecule has 4 nitrogen and oxygen atoms in total. The number of piperidine rings is 1. The van der Waals surface area contributed by atoms with Crippen LogP contribution < -0.4 is 10.1 Å². The Morgan fingerprint density at radius 3 is 2.45 bits per heavy atom. The average Bonchev–Trinajstić information content (AvgIpc) is 2.58. The Bertz CT molecular complexity index is 458. The maximum atomic E-state index is 6.27. The van der Waals surface area contributed by atoms with Crippen LogP contribution in [0.4, 0.5) is 0 Å². The van der Waals surface area contributed by atoms with Crippen LogP contribution >= 0.6 is 11.8 Å². The van der Waals surface area contributed by atoms with Crippen LogP contribution in [0.2, 0.25) is 0 Å². The fraction of sp³-hybridized carbons (Fsp3) is 0.706. The zero-order valence-corrected chi connectivity index (χ0v) is 14.1. The van der Waals surface area contributed by atoms with E-state index >= 15 is 0 Å². The predicted octanol–water partition coefficient (Wildman–Crippen LogP) is 3.26. The third-order valence-corrected chi connectivity index (χ3v) is 5.30. The minimum atomic E-state index is 0.321. The van der Waals surface area contributed by atoms with Gasteiger partial charge >= 0.3 is 0 Å². The molecule has 0 radical (unpaired) electrons. The zero-order chi connectivity index (χ0) is 15.2. The van der Waals surface area contributed by atoms with Crippen molar-refractivity contribution in [2.24, 2.45) is 0 Å². The molecule has 1 N–H and O–H groups in total. The normalized spacial score (nSPS) is 26.8. The standard InChI is InChI=1S/C17H26N2O2S/c1-22-17-12-19-11-8-16(17)21-14-4-2-13(3-5-14)20-15-6-9-18-10-7-15/h8,11-15,18H,2-7,9-10H2,1H3. The van der Waals surface area contributed by atoms with Crippen molar-refractivity contribution in [2.45, 2.75) is 61.7 Å². The van der Waals surface area contributed by atoms with E-state index in [0.29, 0.717) is 18.3 Å². The fourth-order valence-electron chi connectivity index (χ4n) is 3.29. The summed E-state index contributed by atoms with van der Waals surface area (Å²) in [6, 6.07) is 1.98. The molecule has 3 rings (SSSR count). The van der Waals surface area contributed by atoms with E-state index in [4.69, 9.17) is 9.47 Å². The van der Waals surface area contributed by atoms with E-state index in [2.05, 4.69) is 16.6 Å². The number of ether oxygens (including phenoxy) is 2. The molecule has 0 spiro atoms. The van der Waals surface area contributed by atoms with Gasteiger partial charge in [-0.2, -0.15) is 0 Å². The van der Waals surface area contributed by atoms with Crippen molar-refractivity contribution in [1.29, 1.82) is 0 Å². The lowest BCUT2D eigenvalue weighted by atomic mass is 9.94. The van der Waals surface area contributed by atoms with E-state index < -0.39 is 0 Å². The molecule has 1 saturated carbocycles. The summed E-state index contributed by atoms with van der Waals surface area (Å²) in [6.07, 6.45) is 13.7. The number of pyridine rings is 1. The molecule has 22 heavy (non-hydrogen) atoms. The summed E-state index contributed by atoms with van der Waals surface area (Å²) < 4.78 is 12.5. The fourth-order valence-corrected chi connectivity index (χ4v) is 3.77. The number of nitrogens with one attached hydrogen (secondary N) is 1. The van der Waals surface area contributed by atoms with Gasteiger partial charge in [0.1, 0.15) is 5.75 Å². The molecule has 1 aliphatic carbocycles. The van der Waals surface area contributed by atoms with E-state index in [1.165, 1.54) is 0 Å². The number of thioether (sulfide) groups is 1. The predicted molar refractivity (Wildman–Crippen MR) is 89.7 cm³/mol. The minimum absolute atomic E-state index is 0.321. The van der Waals surface area contributed by atoms with Gasteiger partial charge in [-0.25, -0.2) is 0 Å². The highest BCUT2D eigenvalue weighted by Crippen LogP contribution is 2.31. The van der Waals surface area contributed by atoms with Crippen molar-refractivity contribution in [2.75, 3.05) is 19.3 Å². The number of nitrogens with zero attached hydrogens (tertiary/aromatic N) is 1. The van der Waals surface area contributed by atoms with E-state index in [9.17, 15) is 0 Å². The molecule has 0 bridgehead atoms. The molecule has 122 valence electrons. The van der Waals surface area contributed by atoms with Crippen LogP contribution in [0.1, 0.15) is 38.5 Å². The molecule has 0 amide bonds. The molecule has 1 aromatic rings. The van der Waals surface area contributed by atoms with E-state index in [-0.39, 0.29) is 0 Å². The summed E-state index contributed by atoms with van der Waals surface area (Å²) in [4.78, 5) is 5.28. The summed E-state index contributed by atoms with van der Waals surface area (Å²) in [5.41, 5.74) is 0. The average molecular weight is 322 g/mol. The second-order valence-corrected chi connectivity index (χ2v) is 6.98. The van der Waals surface area contributed by atoms with Crippen LogP contribution in [0.5, 0.6) is 5.75 Å². The van der Waals surface area contributed by atoms with Gasteiger partial charge in [0, 0.05) is 12.4 Å². The van der Waals surface area contributed by atoms with Gasteiger partial charge in [-0.15, -0.1) is 11.8 Å². The molecule has 2 heterocycles. The topological polar surface area (TPSA) is 43.4 Å². The Hall–Kier alpha value is -0.780. The van der Waals surface area contributed by atoms with Crippen molar-refractivity contribution in [3.05, 3.63) is 18.5 Å². The van der Waals surface area contributed by atoms with Crippen LogP contribution in [0, 0.1) is 0 Å². The number of hydrogen-bond donors (Lipinski definition) is 1. The molecule has 1 aromatic heterocycles. The lowest BCUT2D eigenvalue weighted by molar-refractivity contribution is -0.0550. The molecule has 2 aliphatic rings. The molecule has 1 aliphatic heterocycles. The first-order chi connectivity index (χ1) is 10.8. The highest BCUT2D eigenvalue weighted by molar-refractivity contribution is 7.98. The smallest absolute Gasteiger partial charge is 0.136 e. The number of aromatic nitrogens is 1. The quantitative estimate of drug-likeness (QED) is 0.843. The van der Waals surface area contributed by atoms with Crippen LogP contribution in [0.15, 0.2) is 23.4 Å². The maximum absolute atomic E-state index is 6.27. The van der Waals surface area contributed by atoms with Crippen molar-refractivity contribution in [3.8, 4) is 5.75 Å². The molecule has 1 saturated heterocycles. The Morgan fingerprint density at radius 1 is 1.05 bits per heavy atom. The van der Waals surface area contributed by atoms with E-state index in [1.54, 1.807) is 18.0 Å². The summed E-state index contributed by atoms with van der Waals surface area (Å²) in [7, 11) is 0. The van der Waals surface area contributed by atoms with Crippen molar-refractivity contribution in [1.82, 2.24) is 10.3 Å². The first-order valence-electron chi connectivity index (χ1n) is 8.36. The first kappa shape index (κ1) is 16.1. The highest BCUT2D eigenvalue weighted by atomic mass is 32.2. The monoisotopic (exact) mass is 322 g/mol. The Kier molecular flexibility index (Phi) is 5.98. The second kappa shape index (κ2) is 8.18. The van der Waals surface area contributed by atoms with Crippen LogP contribution in [0.3, 0.4) is 0 Å². The number of rotatable bonds is 5. The largest absolute Gasteiger partial charge is 0.489 e. The SMILES string of the molecule is CSc1cnccc1OC1CCC(OC2CCNCC2)CC1. The van der Waals surface area contributed by atoms with Crippen LogP contribution in [-0.4, -0.2) is 42.6 Å². The third kappa shape index (κ3) is 4.37. The summed E-state index contributed by atoms with van der Waals surface area (Å²) in [5.74, 6) is 0.977. The number of hydrogen-bond acceptors (Lipinski definition) is 5. The Labute approximate surface area is 137 Å². The van der Waals surface area contributed by atoms with Crippen LogP contribution in [-0.2, 0) is 4.74 Å². The van der Waals surface area contributed by atoms with Gasteiger partial charge in [0.25, 0.3) is 0 Å². The lowest BCUT2D eigenvalue weighted by Crippen LogP contribution is -2.37. The van der Waals surface area contributed by atoms with Gasteiger partial charge in [0.05, 0.1) is 23.2 Å². The lowest BCUT2D eigenvalue weighted by Gasteiger charge is -2.33. The van der Waals surface area contributed by atoms with Crippen LogP contribution in [0.25, 0.3) is 0 Å². The van der Waals surface area contributed by atoms with E-state index in [1.807, 2.05) is 12.3 Å². The Morgan fingerprint density at radius 2 is 1.73 bits per heavy atom. The maximum Gasteiger partial charge on any atom is 0.136 e. The van der Waals surface area contributed by atoms with Crippen molar-refractivity contribution in [3.63, 3.8) is 0 Å². The minimum Gasteiger partial charge on any atom is -0.489 e. The van der Waals surface area contributed by atoms with Gasteiger partial charge in [-0.1, -0.05) is 0 Å². The molecular formula is C17H26N2O2S. The van der Waals surface area contributed by atoms with Gasteiger partial charge in [0.15, 0.2) is 0 Å². The van der Waals surface area contributed by atoms with Gasteiger partial charge in [-0.3, -0.25) is 4.98 Å². The van der Waals surface area contributed by atoms with Gasteiger partial charge < -0.3 is 14.8 Å². The molecule has 0 unspecified atom stereocenters. The van der Waals surface area contributed by atoms with E-state index in [0.717, 1.165) is 62.3 Å². The first-order valence-corrected chi connectivity index (χ1v) is 9.58. The third-order valence-electron chi connectivity index (χ3n) is 4.55. The molecule has 2 fully saturated rings. The summed E-state index contributed by atoms with van der Waals surface area (Å²) in [5, 5.41) is 3.39. The second-order valence-electron chi connectivity index (χ2n) is 6.13. The molecule has 5 heteroatoms. The molecule has 0 atom stereocenters. The zero-order valence-electron chi connectivity index (χ0n) is 13.3. The summed E-state index contributed by atoms with van der Waals surface area (Å²) >= 11 is 1.69. The van der Waals surface area contributed by atoms with Gasteiger partial charge in [-0.05, 0) is 63.9 Å². The highest BCUT2D eigenvalue weighted by Gasteiger charge is 2.26. The molecule has 0 aromatic carbocycles. The van der Waals surface area contributed by atoms with Crippen molar-refractivity contribution >= 4 is 11.8 Å². The van der Waals surface area contributed by atoms with Crippen molar-refractivity contribution < 1.29 is 9.47 Å². The Balaban J connectivity index is 1.45. The van der Waals surface area contributed by atoms with Gasteiger partial charge in [0.2, 0.25) is 0 Å².